The highest BCUT2D eigenvalue weighted by atomic mass is 16.5. The van der Waals surface area contributed by atoms with E-state index < -0.39 is 0 Å². The van der Waals surface area contributed by atoms with Gasteiger partial charge in [0.05, 0.1) is 25.5 Å². The van der Waals surface area contributed by atoms with Gasteiger partial charge in [-0.05, 0) is 24.3 Å². The Hall–Kier alpha value is -2.14. The van der Waals surface area contributed by atoms with Crippen LogP contribution in [0.25, 0.3) is 11.3 Å². The zero-order valence-corrected chi connectivity index (χ0v) is 10.5. The fourth-order valence-corrected chi connectivity index (χ4v) is 1.98. The molecule has 5 nitrogen and oxygen atoms in total. The zero-order valence-electron chi connectivity index (χ0n) is 10.5. The van der Waals surface area contributed by atoms with Crippen molar-refractivity contribution in [1.29, 1.82) is 0 Å². The SMILES string of the molecule is NCc1nccc(-c2ccc3c(c2)OCCCO3)n1. The van der Waals surface area contributed by atoms with E-state index in [-0.39, 0.29) is 0 Å². The van der Waals surface area contributed by atoms with Gasteiger partial charge in [-0.3, -0.25) is 0 Å². The Kier molecular flexibility index (Phi) is 3.29. The van der Waals surface area contributed by atoms with Crippen LogP contribution in [0, 0.1) is 0 Å². The standard InChI is InChI=1S/C14H15N3O2/c15-9-14-16-5-4-11(17-14)10-2-3-12-13(8-10)19-7-1-6-18-12/h2-5,8H,1,6-7,9,15H2. The summed E-state index contributed by atoms with van der Waals surface area (Å²) in [5.41, 5.74) is 7.37. The Morgan fingerprint density at radius 2 is 1.95 bits per heavy atom. The van der Waals surface area contributed by atoms with Gasteiger partial charge in [-0.15, -0.1) is 0 Å². The summed E-state index contributed by atoms with van der Waals surface area (Å²) in [5.74, 6) is 2.18. The van der Waals surface area contributed by atoms with Crippen LogP contribution < -0.4 is 15.2 Å². The monoisotopic (exact) mass is 257 g/mol. The van der Waals surface area contributed by atoms with Gasteiger partial charge in [0.15, 0.2) is 11.5 Å². The molecule has 2 aromatic rings. The second kappa shape index (κ2) is 5.24. The fourth-order valence-electron chi connectivity index (χ4n) is 1.98. The average Bonchev–Trinajstić information content (AvgIpc) is 2.71. The molecule has 1 aromatic heterocycles. The third kappa shape index (κ3) is 2.51. The Morgan fingerprint density at radius 3 is 2.79 bits per heavy atom. The van der Waals surface area contributed by atoms with Crippen molar-refractivity contribution < 1.29 is 9.47 Å². The minimum absolute atomic E-state index is 0.332. The first-order chi connectivity index (χ1) is 9.36. The van der Waals surface area contributed by atoms with E-state index in [0.717, 1.165) is 29.2 Å². The lowest BCUT2D eigenvalue weighted by atomic mass is 10.1. The molecule has 0 bridgehead atoms. The van der Waals surface area contributed by atoms with Gasteiger partial charge >= 0.3 is 0 Å². The Morgan fingerprint density at radius 1 is 1.11 bits per heavy atom. The fraction of sp³-hybridized carbons (Fsp3) is 0.286. The minimum atomic E-state index is 0.332. The molecular weight excluding hydrogens is 242 g/mol. The molecule has 0 radical (unpaired) electrons. The van der Waals surface area contributed by atoms with Crippen LogP contribution in [-0.4, -0.2) is 23.2 Å². The van der Waals surface area contributed by atoms with E-state index in [0.29, 0.717) is 25.6 Å². The van der Waals surface area contributed by atoms with E-state index in [2.05, 4.69) is 9.97 Å². The third-order valence-electron chi connectivity index (χ3n) is 2.93. The normalized spacial score (nSPS) is 13.9. The number of aromatic nitrogens is 2. The van der Waals surface area contributed by atoms with Crippen molar-refractivity contribution in [2.75, 3.05) is 13.2 Å². The summed E-state index contributed by atoms with van der Waals surface area (Å²) in [6.45, 7) is 1.70. The molecule has 1 aliphatic rings. The molecule has 0 fully saturated rings. The first-order valence-corrected chi connectivity index (χ1v) is 6.29. The molecule has 0 amide bonds. The predicted octanol–water partition coefficient (Wildman–Crippen LogP) is 1.76. The van der Waals surface area contributed by atoms with E-state index in [1.165, 1.54) is 0 Å². The number of hydrogen-bond donors (Lipinski definition) is 1. The van der Waals surface area contributed by atoms with E-state index in [9.17, 15) is 0 Å². The molecule has 0 spiro atoms. The van der Waals surface area contributed by atoms with Gasteiger partial charge in [-0.25, -0.2) is 9.97 Å². The Balaban J connectivity index is 1.98. The number of rotatable bonds is 2. The van der Waals surface area contributed by atoms with E-state index >= 15 is 0 Å². The van der Waals surface area contributed by atoms with E-state index in [1.54, 1.807) is 6.20 Å². The summed E-state index contributed by atoms with van der Waals surface area (Å²) in [6.07, 6.45) is 2.61. The van der Waals surface area contributed by atoms with Gasteiger partial charge in [0.25, 0.3) is 0 Å². The van der Waals surface area contributed by atoms with Crippen molar-refractivity contribution in [2.24, 2.45) is 5.73 Å². The summed E-state index contributed by atoms with van der Waals surface area (Å²) in [5, 5.41) is 0. The minimum Gasteiger partial charge on any atom is -0.490 e. The van der Waals surface area contributed by atoms with Crippen LogP contribution in [0.15, 0.2) is 30.5 Å². The topological polar surface area (TPSA) is 70.3 Å². The maximum absolute atomic E-state index is 5.67. The van der Waals surface area contributed by atoms with E-state index in [1.807, 2.05) is 24.3 Å². The van der Waals surface area contributed by atoms with Gasteiger partial charge in [-0.1, -0.05) is 0 Å². The molecule has 0 saturated carbocycles. The highest BCUT2D eigenvalue weighted by Gasteiger charge is 2.12. The largest absolute Gasteiger partial charge is 0.490 e. The lowest BCUT2D eigenvalue weighted by Gasteiger charge is -2.09. The van der Waals surface area contributed by atoms with Gasteiger partial charge in [0.1, 0.15) is 5.82 Å². The molecule has 98 valence electrons. The Labute approximate surface area is 111 Å². The molecule has 1 aliphatic heterocycles. The van der Waals surface area contributed by atoms with Gasteiger partial charge in [-0.2, -0.15) is 0 Å². The average molecular weight is 257 g/mol. The first kappa shape index (κ1) is 11.9. The molecule has 0 atom stereocenters. The van der Waals surface area contributed by atoms with Crippen LogP contribution >= 0.6 is 0 Å². The smallest absolute Gasteiger partial charge is 0.161 e. The Bertz CT molecular complexity index is 587. The number of nitrogens with zero attached hydrogens (tertiary/aromatic N) is 2. The quantitative estimate of drug-likeness (QED) is 0.887. The van der Waals surface area contributed by atoms with Crippen LogP contribution in [0.3, 0.4) is 0 Å². The number of nitrogens with two attached hydrogens (primary N) is 1. The van der Waals surface area contributed by atoms with Crippen molar-refractivity contribution in [3.8, 4) is 22.8 Å². The van der Waals surface area contributed by atoms with Crippen molar-refractivity contribution in [2.45, 2.75) is 13.0 Å². The molecule has 19 heavy (non-hydrogen) atoms. The van der Waals surface area contributed by atoms with E-state index in [4.69, 9.17) is 15.2 Å². The highest BCUT2D eigenvalue weighted by Crippen LogP contribution is 2.33. The lowest BCUT2D eigenvalue weighted by Crippen LogP contribution is -2.03. The second-order valence-corrected chi connectivity index (χ2v) is 4.27. The molecule has 2 N–H and O–H groups in total. The molecule has 0 aliphatic carbocycles. The van der Waals surface area contributed by atoms with Crippen molar-refractivity contribution in [1.82, 2.24) is 9.97 Å². The molecule has 3 rings (SSSR count). The van der Waals surface area contributed by atoms with Crippen LogP contribution in [-0.2, 0) is 6.54 Å². The number of hydrogen-bond acceptors (Lipinski definition) is 5. The van der Waals surface area contributed by atoms with Crippen LogP contribution in [0.2, 0.25) is 0 Å². The van der Waals surface area contributed by atoms with Crippen molar-refractivity contribution in [3.05, 3.63) is 36.3 Å². The number of benzene rings is 1. The summed E-state index contributed by atoms with van der Waals surface area (Å²) in [7, 11) is 0. The van der Waals surface area contributed by atoms with Gasteiger partial charge in [0.2, 0.25) is 0 Å². The summed E-state index contributed by atoms with van der Waals surface area (Å²) < 4.78 is 11.3. The number of ether oxygens (including phenoxy) is 2. The van der Waals surface area contributed by atoms with Crippen LogP contribution in [0.5, 0.6) is 11.5 Å². The number of fused-ring (bicyclic) bond motifs is 1. The van der Waals surface area contributed by atoms with Gasteiger partial charge < -0.3 is 15.2 Å². The summed E-state index contributed by atoms with van der Waals surface area (Å²) in [6, 6.07) is 7.69. The molecule has 0 unspecified atom stereocenters. The van der Waals surface area contributed by atoms with Crippen LogP contribution in [0.4, 0.5) is 0 Å². The first-order valence-electron chi connectivity index (χ1n) is 6.29. The zero-order chi connectivity index (χ0) is 13.1. The predicted molar refractivity (Wildman–Crippen MR) is 71.0 cm³/mol. The summed E-state index contributed by atoms with van der Waals surface area (Å²) >= 11 is 0. The molecule has 0 saturated heterocycles. The summed E-state index contributed by atoms with van der Waals surface area (Å²) in [4.78, 5) is 8.50. The molecule has 5 heteroatoms. The lowest BCUT2D eigenvalue weighted by molar-refractivity contribution is 0.297. The molecule has 1 aromatic carbocycles. The van der Waals surface area contributed by atoms with Crippen molar-refractivity contribution >= 4 is 0 Å². The highest BCUT2D eigenvalue weighted by molar-refractivity contribution is 5.63. The van der Waals surface area contributed by atoms with Gasteiger partial charge in [0, 0.05) is 18.2 Å². The molecular formula is C14H15N3O2. The molecule has 2 heterocycles. The van der Waals surface area contributed by atoms with Crippen LogP contribution in [0.1, 0.15) is 12.2 Å². The van der Waals surface area contributed by atoms with Crippen molar-refractivity contribution in [3.63, 3.8) is 0 Å². The third-order valence-corrected chi connectivity index (χ3v) is 2.93. The second-order valence-electron chi connectivity index (χ2n) is 4.27. The maximum atomic E-state index is 5.67. The maximum Gasteiger partial charge on any atom is 0.161 e.